The van der Waals surface area contributed by atoms with Crippen LogP contribution < -0.4 is 0 Å². The van der Waals surface area contributed by atoms with Gasteiger partial charge in [-0.1, -0.05) is 30.3 Å². The van der Waals surface area contributed by atoms with Crippen molar-refractivity contribution in [1.82, 2.24) is 0 Å². The van der Waals surface area contributed by atoms with Crippen molar-refractivity contribution in [3.63, 3.8) is 0 Å². The molecule has 2 unspecified atom stereocenters. The molecule has 3 heteroatoms. The Morgan fingerprint density at radius 3 is 2.47 bits per heavy atom. The summed E-state index contributed by atoms with van der Waals surface area (Å²) >= 11 is 0. The molecule has 1 aromatic carbocycles. The Kier molecular flexibility index (Phi) is 4.46. The van der Waals surface area contributed by atoms with Gasteiger partial charge in [0.2, 0.25) is 0 Å². The Bertz CT molecular complexity index is 306. The van der Waals surface area contributed by atoms with Gasteiger partial charge in [-0.3, -0.25) is 4.79 Å². The second kappa shape index (κ2) is 5.63. The normalized spacial score (nSPS) is 14.6. The van der Waals surface area contributed by atoms with Crippen LogP contribution in [0.4, 0.5) is 0 Å². The van der Waals surface area contributed by atoms with Gasteiger partial charge in [0.25, 0.3) is 0 Å². The summed E-state index contributed by atoms with van der Waals surface area (Å²) in [5.74, 6) is -0.0108. The van der Waals surface area contributed by atoms with E-state index in [9.17, 15) is 9.90 Å². The molecule has 15 heavy (non-hydrogen) atoms. The monoisotopic (exact) mass is 208 g/mol. The fraction of sp³-hybridized carbons (Fsp3) is 0.417. The fourth-order valence-electron chi connectivity index (χ4n) is 1.38. The number of carbonyl (C=O) groups is 1. The largest absolute Gasteiger partial charge is 0.391 e. The topological polar surface area (TPSA) is 46.5 Å². The predicted octanol–water partition coefficient (Wildman–Crippen LogP) is 1.66. The van der Waals surface area contributed by atoms with Crippen molar-refractivity contribution in [3.8, 4) is 0 Å². The van der Waals surface area contributed by atoms with E-state index < -0.39 is 12.2 Å². The van der Waals surface area contributed by atoms with E-state index in [-0.39, 0.29) is 12.2 Å². The minimum Gasteiger partial charge on any atom is -0.391 e. The Morgan fingerprint density at radius 1 is 1.40 bits per heavy atom. The van der Waals surface area contributed by atoms with Gasteiger partial charge in [-0.25, -0.2) is 0 Å². The summed E-state index contributed by atoms with van der Waals surface area (Å²) < 4.78 is 5.03. The third-order valence-corrected chi connectivity index (χ3v) is 2.32. The van der Waals surface area contributed by atoms with Crippen molar-refractivity contribution in [2.45, 2.75) is 25.6 Å². The molecule has 1 rings (SSSR count). The molecule has 0 aliphatic rings. The number of ether oxygens (including phenoxy) is 1. The number of rotatable bonds is 5. The Hall–Kier alpha value is -1.19. The molecule has 0 fully saturated rings. The Morgan fingerprint density at radius 2 is 2.00 bits per heavy atom. The first kappa shape index (κ1) is 11.9. The number of hydrogen-bond donors (Lipinski definition) is 1. The first-order valence-electron chi connectivity index (χ1n) is 4.94. The summed E-state index contributed by atoms with van der Waals surface area (Å²) in [4.78, 5) is 11.7. The second-order valence-corrected chi connectivity index (χ2v) is 3.51. The zero-order valence-electron chi connectivity index (χ0n) is 9.01. The van der Waals surface area contributed by atoms with Crippen LogP contribution in [0.25, 0.3) is 0 Å². The molecule has 0 saturated heterocycles. The van der Waals surface area contributed by atoms with E-state index in [0.29, 0.717) is 5.56 Å². The van der Waals surface area contributed by atoms with Crippen molar-refractivity contribution in [3.05, 3.63) is 35.9 Å². The highest BCUT2D eigenvalue weighted by molar-refractivity contribution is 5.96. The lowest BCUT2D eigenvalue weighted by atomic mass is 10.0. The van der Waals surface area contributed by atoms with Crippen LogP contribution in [0.2, 0.25) is 0 Å². The SMILES string of the molecule is COC(CC(=O)c1ccccc1)C(C)O. The predicted molar refractivity (Wildman–Crippen MR) is 57.9 cm³/mol. The Labute approximate surface area is 89.7 Å². The molecule has 0 aromatic heterocycles. The van der Waals surface area contributed by atoms with E-state index >= 15 is 0 Å². The number of carbonyl (C=O) groups excluding carboxylic acids is 1. The van der Waals surface area contributed by atoms with Gasteiger partial charge in [0.15, 0.2) is 5.78 Å². The second-order valence-electron chi connectivity index (χ2n) is 3.51. The third kappa shape index (κ3) is 3.46. The average Bonchev–Trinajstić information content (AvgIpc) is 2.26. The van der Waals surface area contributed by atoms with Crippen LogP contribution >= 0.6 is 0 Å². The molecule has 0 saturated carbocycles. The summed E-state index contributed by atoms with van der Waals surface area (Å²) in [6.07, 6.45) is -0.863. The molecule has 0 spiro atoms. The minimum atomic E-state index is -0.636. The minimum absolute atomic E-state index is 0.0108. The zero-order chi connectivity index (χ0) is 11.3. The summed E-state index contributed by atoms with van der Waals surface area (Å²) in [5, 5.41) is 9.33. The molecule has 0 aliphatic heterocycles. The summed E-state index contributed by atoms with van der Waals surface area (Å²) in [5.41, 5.74) is 0.653. The van der Waals surface area contributed by atoms with Crippen molar-refractivity contribution in [2.24, 2.45) is 0 Å². The molecule has 1 aromatic rings. The number of aliphatic hydroxyl groups is 1. The number of aliphatic hydroxyl groups excluding tert-OH is 1. The lowest BCUT2D eigenvalue weighted by molar-refractivity contribution is -0.00400. The molecular formula is C12H16O3. The third-order valence-electron chi connectivity index (χ3n) is 2.32. The standard InChI is InChI=1S/C12H16O3/c1-9(13)12(15-2)8-11(14)10-6-4-3-5-7-10/h3-7,9,12-13H,8H2,1-2H3. The van der Waals surface area contributed by atoms with E-state index in [4.69, 9.17) is 4.74 Å². The van der Waals surface area contributed by atoms with Gasteiger partial charge >= 0.3 is 0 Å². The maximum absolute atomic E-state index is 11.7. The average molecular weight is 208 g/mol. The molecule has 3 nitrogen and oxygen atoms in total. The van der Waals surface area contributed by atoms with E-state index in [2.05, 4.69) is 0 Å². The van der Waals surface area contributed by atoms with Gasteiger partial charge in [0.1, 0.15) is 0 Å². The molecule has 0 amide bonds. The van der Waals surface area contributed by atoms with Crippen LogP contribution in [0, 0.1) is 0 Å². The first-order valence-corrected chi connectivity index (χ1v) is 4.94. The smallest absolute Gasteiger partial charge is 0.165 e. The van der Waals surface area contributed by atoms with E-state index in [1.807, 2.05) is 18.2 Å². The first-order chi connectivity index (χ1) is 7.15. The number of hydrogen-bond acceptors (Lipinski definition) is 3. The molecular weight excluding hydrogens is 192 g/mol. The highest BCUT2D eigenvalue weighted by atomic mass is 16.5. The number of Topliss-reactive ketones (excluding diaryl/α,β-unsaturated/α-hetero) is 1. The Balaban J connectivity index is 2.63. The lowest BCUT2D eigenvalue weighted by Gasteiger charge is -2.17. The van der Waals surface area contributed by atoms with Crippen LogP contribution in [0.3, 0.4) is 0 Å². The van der Waals surface area contributed by atoms with Gasteiger partial charge in [-0.2, -0.15) is 0 Å². The van der Waals surface area contributed by atoms with Gasteiger partial charge in [0, 0.05) is 19.1 Å². The summed E-state index contributed by atoms with van der Waals surface area (Å²) in [6.45, 7) is 1.62. The van der Waals surface area contributed by atoms with Crippen LogP contribution in [0.15, 0.2) is 30.3 Å². The van der Waals surface area contributed by atoms with E-state index in [1.165, 1.54) is 7.11 Å². The van der Waals surface area contributed by atoms with Crippen LogP contribution in [0.5, 0.6) is 0 Å². The van der Waals surface area contributed by atoms with Crippen molar-refractivity contribution in [1.29, 1.82) is 0 Å². The maximum atomic E-state index is 11.7. The highest BCUT2D eigenvalue weighted by Gasteiger charge is 2.18. The molecule has 0 bridgehead atoms. The number of benzene rings is 1. The number of ketones is 1. The van der Waals surface area contributed by atoms with Crippen LogP contribution in [0.1, 0.15) is 23.7 Å². The van der Waals surface area contributed by atoms with E-state index in [1.54, 1.807) is 19.1 Å². The molecule has 0 heterocycles. The zero-order valence-corrected chi connectivity index (χ0v) is 9.01. The van der Waals surface area contributed by atoms with Crippen LogP contribution in [-0.2, 0) is 4.74 Å². The number of methoxy groups -OCH3 is 1. The van der Waals surface area contributed by atoms with Crippen LogP contribution in [-0.4, -0.2) is 30.2 Å². The molecule has 1 N–H and O–H groups in total. The molecule has 0 aliphatic carbocycles. The quantitative estimate of drug-likeness (QED) is 0.748. The maximum Gasteiger partial charge on any atom is 0.165 e. The van der Waals surface area contributed by atoms with Crippen molar-refractivity contribution in [2.75, 3.05) is 7.11 Å². The molecule has 0 radical (unpaired) electrons. The van der Waals surface area contributed by atoms with Gasteiger partial charge < -0.3 is 9.84 Å². The fourth-order valence-corrected chi connectivity index (χ4v) is 1.38. The summed E-state index contributed by atoms with van der Waals surface area (Å²) in [6, 6.07) is 9.02. The van der Waals surface area contributed by atoms with Crippen molar-refractivity contribution >= 4 is 5.78 Å². The molecule has 82 valence electrons. The van der Waals surface area contributed by atoms with Gasteiger partial charge in [-0.05, 0) is 6.92 Å². The lowest BCUT2D eigenvalue weighted by Crippen LogP contribution is -2.27. The molecule has 2 atom stereocenters. The van der Waals surface area contributed by atoms with E-state index in [0.717, 1.165) is 0 Å². The van der Waals surface area contributed by atoms with Gasteiger partial charge in [-0.15, -0.1) is 0 Å². The van der Waals surface area contributed by atoms with Gasteiger partial charge in [0.05, 0.1) is 12.2 Å². The summed E-state index contributed by atoms with van der Waals surface area (Å²) in [7, 11) is 1.50. The van der Waals surface area contributed by atoms with Crippen molar-refractivity contribution < 1.29 is 14.6 Å². The highest BCUT2D eigenvalue weighted by Crippen LogP contribution is 2.09.